The number of benzene rings is 1. The lowest BCUT2D eigenvalue weighted by Crippen LogP contribution is -2.39. The minimum absolute atomic E-state index is 0.00101. The molecule has 0 spiro atoms. The first kappa shape index (κ1) is 19.2. The van der Waals surface area contributed by atoms with Crippen LogP contribution < -0.4 is 15.4 Å². The van der Waals surface area contributed by atoms with Gasteiger partial charge in [0.15, 0.2) is 0 Å². The molecule has 0 unspecified atom stereocenters. The van der Waals surface area contributed by atoms with E-state index in [2.05, 4.69) is 4.72 Å². The molecule has 8 nitrogen and oxygen atoms in total. The predicted molar refractivity (Wildman–Crippen MR) is 103 cm³/mol. The average molecular weight is 409 g/mol. The lowest BCUT2D eigenvalue weighted by molar-refractivity contribution is -0.122. The Hall–Kier alpha value is -2.59. The minimum atomic E-state index is -3.76. The number of carboxylic acid groups (broad SMARTS) is 1. The number of nitrogens with one attached hydrogen (secondary N) is 1. The number of hydrogen-bond acceptors (Lipinski definition) is 6. The van der Waals surface area contributed by atoms with Crippen molar-refractivity contribution in [2.24, 2.45) is 11.7 Å². The smallest absolute Gasteiger partial charge is 0.337 e. The number of primary amides is 1. The lowest BCUT2D eigenvalue weighted by Gasteiger charge is -2.33. The van der Waals surface area contributed by atoms with Crippen LogP contribution in [-0.2, 0) is 14.8 Å². The quantitative estimate of drug-likeness (QED) is 0.669. The molecule has 1 aliphatic rings. The van der Waals surface area contributed by atoms with E-state index >= 15 is 0 Å². The molecule has 1 aliphatic heterocycles. The highest BCUT2D eigenvalue weighted by molar-refractivity contribution is 7.94. The number of carbonyl (C=O) groups is 2. The Kier molecular flexibility index (Phi) is 5.38. The maximum atomic E-state index is 12.3. The monoisotopic (exact) mass is 409 g/mol. The summed E-state index contributed by atoms with van der Waals surface area (Å²) in [6, 6.07) is 7.53. The van der Waals surface area contributed by atoms with E-state index in [1.165, 1.54) is 18.2 Å². The van der Waals surface area contributed by atoms with Crippen LogP contribution in [0.1, 0.15) is 23.2 Å². The number of nitrogens with zero attached hydrogens (tertiary/aromatic N) is 1. The number of carboxylic acids is 1. The summed E-state index contributed by atoms with van der Waals surface area (Å²) in [6.45, 7) is 1.02. The predicted octanol–water partition coefficient (Wildman–Crippen LogP) is 1.95. The van der Waals surface area contributed by atoms with Gasteiger partial charge in [-0.3, -0.25) is 9.52 Å². The van der Waals surface area contributed by atoms with E-state index in [1.54, 1.807) is 17.5 Å². The summed E-state index contributed by atoms with van der Waals surface area (Å²) in [5, 5.41) is 11.2. The average Bonchev–Trinajstić information content (AvgIpc) is 3.17. The van der Waals surface area contributed by atoms with Crippen molar-refractivity contribution in [1.82, 2.24) is 0 Å². The third-order valence-electron chi connectivity index (χ3n) is 4.48. The van der Waals surface area contributed by atoms with Gasteiger partial charge in [0.05, 0.1) is 11.3 Å². The van der Waals surface area contributed by atoms with Crippen LogP contribution in [0.4, 0.5) is 11.4 Å². The Balaban J connectivity index is 1.84. The number of aromatic carboxylic acids is 1. The third kappa shape index (κ3) is 4.22. The van der Waals surface area contributed by atoms with Gasteiger partial charge in [-0.25, -0.2) is 13.2 Å². The van der Waals surface area contributed by atoms with Crippen LogP contribution in [0.3, 0.4) is 0 Å². The van der Waals surface area contributed by atoms with Crippen molar-refractivity contribution in [3.63, 3.8) is 0 Å². The highest BCUT2D eigenvalue weighted by Crippen LogP contribution is 2.30. The summed E-state index contributed by atoms with van der Waals surface area (Å²) in [7, 11) is -3.76. The Bertz CT molecular complexity index is 949. The molecule has 2 aromatic rings. The zero-order valence-electron chi connectivity index (χ0n) is 14.3. The molecule has 1 saturated heterocycles. The summed E-state index contributed by atoms with van der Waals surface area (Å²) in [6.07, 6.45) is 1.11. The number of amides is 1. The fourth-order valence-corrected chi connectivity index (χ4v) is 5.12. The van der Waals surface area contributed by atoms with Gasteiger partial charge in [-0.05, 0) is 42.5 Å². The molecule has 3 rings (SSSR count). The van der Waals surface area contributed by atoms with Gasteiger partial charge < -0.3 is 15.7 Å². The maximum Gasteiger partial charge on any atom is 0.337 e. The van der Waals surface area contributed by atoms with E-state index < -0.39 is 16.0 Å². The molecule has 1 amide bonds. The fourth-order valence-electron chi connectivity index (χ4n) is 3.07. The fraction of sp³-hybridized carbons (Fsp3) is 0.294. The van der Waals surface area contributed by atoms with Crippen molar-refractivity contribution in [3.8, 4) is 0 Å². The molecule has 0 saturated carbocycles. The van der Waals surface area contributed by atoms with Gasteiger partial charge in [-0.1, -0.05) is 6.07 Å². The molecule has 10 heteroatoms. The van der Waals surface area contributed by atoms with Crippen molar-refractivity contribution in [2.45, 2.75) is 17.1 Å². The van der Waals surface area contributed by atoms with Gasteiger partial charge in [0.1, 0.15) is 4.21 Å². The summed E-state index contributed by atoms with van der Waals surface area (Å²) >= 11 is 1.08. The van der Waals surface area contributed by atoms with Crippen LogP contribution in [0.5, 0.6) is 0 Å². The normalized spacial score (nSPS) is 15.5. The summed E-state index contributed by atoms with van der Waals surface area (Å²) in [5.74, 6) is -1.70. The second-order valence-corrected chi connectivity index (χ2v) is 9.10. The van der Waals surface area contributed by atoms with Crippen molar-refractivity contribution in [3.05, 3.63) is 41.3 Å². The van der Waals surface area contributed by atoms with Crippen molar-refractivity contribution < 1.29 is 23.1 Å². The van der Waals surface area contributed by atoms with E-state index in [9.17, 15) is 23.1 Å². The molecule has 1 aromatic carbocycles. The van der Waals surface area contributed by atoms with Crippen molar-refractivity contribution >= 4 is 44.6 Å². The number of thiophene rings is 1. The van der Waals surface area contributed by atoms with Crippen LogP contribution in [0.25, 0.3) is 0 Å². The molecule has 2 heterocycles. The molecule has 27 heavy (non-hydrogen) atoms. The highest BCUT2D eigenvalue weighted by atomic mass is 32.2. The number of nitrogens with two attached hydrogens (primary N) is 1. The lowest BCUT2D eigenvalue weighted by atomic mass is 9.95. The van der Waals surface area contributed by atoms with Crippen molar-refractivity contribution in [1.29, 1.82) is 0 Å². The molecule has 4 N–H and O–H groups in total. The van der Waals surface area contributed by atoms with Gasteiger partial charge in [-0.15, -0.1) is 11.3 Å². The van der Waals surface area contributed by atoms with Crippen LogP contribution >= 0.6 is 11.3 Å². The van der Waals surface area contributed by atoms with E-state index in [-0.39, 0.29) is 27.3 Å². The number of rotatable bonds is 6. The van der Waals surface area contributed by atoms with Crippen LogP contribution in [0.15, 0.2) is 39.9 Å². The molecular weight excluding hydrogens is 390 g/mol. The maximum absolute atomic E-state index is 12.3. The Labute approximate surface area is 160 Å². The van der Waals surface area contributed by atoms with Gasteiger partial charge in [0.25, 0.3) is 10.0 Å². The van der Waals surface area contributed by atoms with E-state index in [0.717, 1.165) is 11.3 Å². The number of piperidine rings is 1. The van der Waals surface area contributed by atoms with Crippen LogP contribution in [0.2, 0.25) is 0 Å². The molecule has 0 aliphatic carbocycles. The van der Waals surface area contributed by atoms with Gasteiger partial charge in [0.2, 0.25) is 5.91 Å². The first-order valence-electron chi connectivity index (χ1n) is 8.26. The Morgan fingerprint density at radius 3 is 2.48 bits per heavy atom. The number of sulfonamides is 1. The van der Waals surface area contributed by atoms with Gasteiger partial charge in [0, 0.05) is 24.7 Å². The van der Waals surface area contributed by atoms with E-state index in [1.807, 2.05) is 4.90 Å². The minimum Gasteiger partial charge on any atom is -0.478 e. The summed E-state index contributed by atoms with van der Waals surface area (Å²) < 4.78 is 27.2. The standard InChI is InChI=1S/C17H19N3O5S2/c18-16(21)11-5-7-20(8-6-11)14-4-3-12(10-13(14)17(22)23)19-27(24,25)15-2-1-9-26-15/h1-4,9-11,19H,5-8H2,(H2,18,21)(H,22,23). The van der Waals surface area contributed by atoms with Crippen LogP contribution in [0, 0.1) is 5.92 Å². The molecule has 0 atom stereocenters. The number of hydrogen-bond donors (Lipinski definition) is 3. The SMILES string of the molecule is NC(=O)C1CCN(c2ccc(NS(=O)(=O)c3cccs3)cc2C(=O)O)CC1. The van der Waals surface area contributed by atoms with Crippen LogP contribution in [-0.4, -0.2) is 38.5 Å². The summed E-state index contributed by atoms with van der Waals surface area (Å²) in [4.78, 5) is 24.9. The molecule has 1 fully saturated rings. The second-order valence-electron chi connectivity index (χ2n) is 6.24. The summed E-state index contributed by atoms with van der Waals surface area (Å²) in [5.41, 5.74) is 6.00. The first-order chi connectivity index (χ1) is 12.8. The van der Waals surface area contributed by atoms with Gasteiger partial charge in [-0.2, -0.15) is 0 Å². The molecule has 0 bridgehead atoms. The highest BCUT2D eigenvalue weighted by Gasteiger charge is 2.26. The molecule has 144 valence electrons. The zero-order chi connectivity index (χ0) is 19.6. The molecule has 0 radical (unpaired) electrons. The van der Waals surface area contributed by atoms with E-state index in [0.29, 0.717) is 31.6 Å². The van der Waals surface area contributed by atoms with Gasteiger partial charge >= 0.3 is 5.97 Å². The zero-order valence-corrected chi connectivity index (χ0v) is 15.9. The third-order valence-corrected chi connectivity index (χ3v) is 7.26. The van der Waals surface area contributed by atoms with E-state index in [4.69, 9.17) is 5.73 Å². The largest absolute Gasteiger partial charge is 0.478 e. The number of anilines is 2. The first-order valence-corrected chi connectivity index (χ1v) is 10.6. The topological polar surface area (TPSA) is 130 Å². The molecule has 1 aromatic heterocycles. The number of carbonyl (C=O) groups excluding carboxylic acids is 1. The second kappa shape index (κ2) is 7.57. The Morgan fingerprint density at radius 2 is 1.93 bits per heavy atom. The Morgan fingerprint density at radius 1 is 1.22 bits per heavy atom. The molecular formula is C17H19N3O5S2. The van der Waals surface area contributed by atoms with Crippen molar-refractivity contribution in [2.75, 3.05) is 22.7 Å².